The number of hydrogen-bond donors (Lipinski definition) is 0. The first-order valence-electron chi connectivity index (χ1n) is 11.0. The Morgan fingerprint density at radius 1 is 0.719 bits per heavy atom. The van der Waals surface area contributed by atoms with Crippen LogP contribution in [-0.2, 0) is 24.2 Å². The summed E-state index contributed by atoms with van der Waals surface area (Å²) in [4.78, 5) is 15.8. The maximum absolute atomic E-state index is 13.8. The molecule has 0 radical (unpaired) electrons. The van der Waals surface area contributed by atoms with E-state index >= 15 is 0 Å². The molecule has 4 aromatic rings. The molecule has 0 bridgehead atoms. The quantitative estimate of drug-likeness (QED) is 0.447. The second kappa shape index (κ2) is 9.14. The van der Waals surface area contributed by atoms with Gasteiger partial charge in [-0.2, -0.15) is 0 Å². The van der Waals surface area contributed by atoms with Gasteiger partial charge in [0.05, 0.1) is 6.04 Å². The molecule has 2 unspecified atom stereocenters. The van der Waals surface area contributed by atoms with Crippen LogP contribution in [0.15, 0.2) is 91.0 Å². The topological polar surface area (TPSA) is 63.9 Å². The number of aromatic nitrogens is 4. The Bertz CT molecular complexity index is 1160. The predicted molar refractivity (Wildman–Crippen MR) is 121 cm³/mol. The van der Waals surface area contributed by atoms with Crippen molar-refractivity contribution in [2.45, 2.75) is 37.9 Å². The summed E-state index contributed by atoms with van der Waals surface area (Å²) in [6, 6.07) is 29.9. The van der Waals surface area contributed by atoms with E-state index in [0.29, 0.717) is 13.0 Å². The molecule has 6 heteroatoms. The van der Waals surface area contributed by atoms with Crippen molar-refractivity contribution >= 4 is 5.91 Å². The number of tetrazole rings is 1. The lowest BCUT2D eigenvalue weighted by Crippen LogP contribution is -2.46. The van der Waals surface area contributed by atoms with Gasteiger partial charge in [0.2, 0.25) is 5.91 Å². The highest BCUT2D eigenvalue weighted by molar-refractivity contribution is 5.82. The molecule has 1 aliphatic heterocycles. The molecule has 1 aliphatic rings. The van der Waals surface area contributed by atoms with Gasteiger partial charge in [0.1, 0.15) is 6.04 Å². The van der Waals surface area contributed by atoms with Crippen molar-refractivity contribution in [2.24, 2.45) is 0 Å². The molecular weight excluding hydrogens is 398 g/mol. The minimum absolute atomic E-state index is 0.0653. The van der Waals surface area contributed by atoms with E-state index in [0.717, 1.165) is 29.8 Å². The van der Waals surface area contributed by atoms with Gasteiger partial charge in [-0.1, -0.05) is 91.0 Å². The zero-order valence-electron chi connectivity index (χ0n) is 17.8. The molecule has 0 saturated heterocycles. The average molecular weight is 424 g/mol. The van der Waals surface area contributed by atoms with Crippen molar-refractivity contribution in [3.05, 3.63) is 114 Å². The van der Waals surface area contributed by atoms with Crippen molar-refractivity contribution in [1.29, 1.82) is 0 Å². The highest BCUT2D eigenvalue weighted by Crippen LogP contribution is 2.35. The van der Waals surface area contributed by atoms with Crippen molar-refractivity contribution in [1.82, 2.24) is 25.1 Å². The number of fused-ring (bicyclic) bond motifs is 1. The number of amides is 1. The van der Waals surface area contributed by atoms with Gasteiger partial charge in [0.25, 0.3) is 0 Å². The van der Waals surface area contributed by atoms with Crippen molar-refractivity contribution in [3.8, 4) is 0 Å². The summed E-state index contributed by atoms with van der Waals surface area (Å²) < 4.78 is 1.74. The molecule has 6 nitrogen and oxygen atoms in total. The molecular formula is C26H25N5O. The molecule has 0 N–H and O–H groups in total. The van der Waals surface area contributed by atoms with Gasteiger partial charge >= 0.3 is 0 Å². The summed E-state index contributed by atoms with van der Waals surface area (Å²) in [5.74, 6) is 0.827. The molecule has 1 amide bonds. The first kappa shape index (κ1) is 20.1. The standard InChI is InChI=1S/C26H25N5O/c32-26-24(18-21-12-6-2-7-13-21)31-25(27-28-29-31)23(17-16-20-10-4-1-5-11-20)30(26)19-22-14-8-3-9-15-22/h1-15,23-24H,16-19H2. The summed E-state index contributed by atoms with van der Waals surface area (Å²) in [7, 11) is 0. The lowest BCUT2D eigenvalue weighted by atomic mass is 9.96. The second-order valence-corrected chi connectivity index (χ2v) is 8.18. The number of carbonyl (C=O) groups excluding carboxylic acids is 1. The lowest BCUT2D eigenvalue weighted by molar-refractivity contribution is -0.141. The number of aryl methyl sites for hydroxylation is 1. The summed E-state index contributed by atoms with van der Waals surface area (Å²) in [5.41, 5.74) is 3.43. The Morgan fingerprint density at radius 2 is 1.31 bits per heavy atom. The Balaban J connectivity index is 1.48. The van der Waals surface area contributed by atoms with Crippen LogP contribution >= 0.6 is 0 Å². The van der Waals surface area contributed by atoms with Gasteiger partial charge in [-0.3, -0.25) is 4.79 Å². The van der Waals surface area contributed by atoms with E-state index in [1.165, 1.54) is 5.56 Å². The Labute approximate surface area is 187 Å². The number of hydrogen-bond acceptors (Lipinski definition) is 4. The van der Waals surface area contributed by atoms with Crippen LogP contribution in [0.2, 0.25) is 0 Å². The zero-order valence-corrected chi connectivity index (χ0v) is 17.8. The first-order valence-corrected chi connectivity index (χ1v) is 11.0. The molecule has 0 saturated carbocycles. The molecule has 32 heavy (non-hydrogen) atoms. The van der Waals surface area contributed by atoms with E-state index in [4.69, 9.17) is 0 Å². The minimum atomic E-state index is -0.445. The van der Waals surface area contributed by atoms with E-state index in [9.17, 15) is 4.79 Å². The largest absolute Gasteiger partial charge is 0.326 e. The summed E-state index contributed by atoms with van der Waals surface area (Å²) in [6.45, 7) is 0.539. The van der Waals surface area contributed by atoms with Crippen molar-refractivity contribution in [2.75, 3.05) is 0 Å². The van der Waals surface area contributed by atoms with Gasteiger partial charge in [-0.15, -0.1) is 5.10 Å². The van der Waals surface area contributed by atoms with E-state index in [1.54, 1.807) is 4.68 Å². The van der Waals surface area contributed by atoms with Crippen LogP contribution in [0.25, 0.3) is 0 Å². The third kappa shape index (κ3) is 4.17. The molecule has 0 aliphatic carbocycles. The van der Waals surface area contributed by atoms with Crippen LogP contribution in [0.4, 0.5) is 0 Å². The molecule has 1 aromatic heterocycles. The van der Waals surface area contributed by atoms with E-state index in [-0.39, 0.29) is 11.9 Å². The predicted octanol–water partition coefficient (Wildman–Crippen LogP) is 4.17. The Kier molecular flexibility index (Phi) is 5.75. The molecule has 160 valence electrons. The van der Waals surface area contributed by atoms with Gasteiger partial charge in [0, 0.05) is 13.0 Å². The van der Waals surface area contributed by atoms with Crippen LogP contribution in [-0.4, -0.2) is 31.0 Å². The van der Waals surface area contributed by atoms with Gasteiger partial charge in [-0.25, -0.2) is 4.68 Å². The average Bonchev–Trinajstić information content (AvgIpc) is 3.33. The highest BCUT2D eigenvalue weighted by Gasteiger charge is 2.41. The number of carbonyl (C=O) groups is 1. The summed E-state index contributed by atoms with van der Waals surface area (Å²) >= 11 is 0. The normalized spacial score (nSPS) is 17.9. The number of nitrogens with zero attached hydrogens (tertiary/aromatic N) is 5. The fourth-order valence-electron chi connectivity index (χ4n) is 4.44. The third-order valence-electron chi connectivity index (χ3n) is 6.07. The van der Waals surface area contributed by atoms with Gasteiger partial charge < -0.3 is 4.90 Å². The minimum Gasteiger partial charge on any atom is -0.326 e. The Morgan fingerprint density at radius 3 is 1.97 bits per heavy atom. The van der Waals surface area contributed by atoms with E-state index in [1.807, 2.05) is 71.6 Å². The smallest absolute Gasteiger partial charge is 0.248 e. The summed E-state index contributed by atoms with van der Waals surface area (Å²) in [5, 5.41) is 12.6. The third-order valence-corrected chi connectivity index (χ3v) is 6.07. The maximum Gasteiger partial charge on any atom is 0.248 e. The molecule has 2 atom stereocenters. The fourth-order valence-corrected chi connectivity index (χ4v) is 4.44. The number of rotatable bonds is 7. The lowest BCUT2D eigenvalue weighted by Gasteiger charge is -2.38. The monoisotopic (exact) mass is 423 g/mol. The number of benzene rings is 3. The Hall–Kier alpha value is -3.80. The molecule has 2 heterocycles. The van der Waals surface area contributed by atoms with Crippen LogP contribution in [0, 0.1) is 0 Å². The summed E-state index contributed by atoms with van der Waals surface area (Å²) in [6.07, 6.45) is 2.18. The van der Waals surface area contributed by atoms with Gasteiger partial charge in [-0.05, 0) is 40.0 Å². The van der Waals surface area contributed by atoms with Crippen molar-refractivity contribution < 1.29 is 4.79 Å². The van der Waals surface area contributed by atoms with Crippen LogP contribution in [0.3, 0.4) is 0 Å². The zero-order chi connectivity index (χ0) is 21.8. The second-order valence-electron chi connectivity index (χ2n) is 8.18. The van der Waals surface area contributed by atoms with Crippen LogP contribution in [0.5, 0.6) is 0 Å². The fraction of sp³-hybridized carbons (Fsp3) is 0.231. The molecule has 3 aromatic carbocycles. The molecule has 0 spiro atoms. The van der Waals surface area contributed by atoms with Crippen LogP contribution < -0.4 is 0 Å². The van der Waals surface area contributed by atoms with Gasteiger partial charge in [0.15, 0.2) is 5.82 Å². The van der Waals surface area contributed by atoms with Crippen molar-refractivity contribution in [3.63, 3.8) is 0 Å². The van der Waals surface area contributed by atoms with E-state index in [2.05, 4.69) is 39.8 Å². The maximum atomic E-state index is 13.8. The highest BCUT2D eigenvalue weighted by atomic mass is 16.2. The molecule has 5 rings (SSSR count). The van der Waals surface area contributed by atoms with Crippen LogP contribution in [0.1, 0.15) is 41.0 Å². The first-order chi connectivity index (χ1) is 15.8. The van der Waals surface area contributed by atoms with E-state index < -0.39 is 6.04 Å². The SMILES string of the molecule is O=C1C(Cc2ccccc2)n2nnnc2C(CCc2ccccc2)N1Cc1ccccc1. The molecule has 0 fully saturated rings.